The van der Waals surface area contributed by atoms with Gasteiger partial charge in [-0.05, 0) is 44.0 Å². The molecule has 1 aliphatic rings. The van der Waals surface area contributed by atoms with E-state index < -0.39 is 10.0 Å². The number of nitrogens with one attached hydrogen (secondary N) is 1. The van der Waals surface area contributed by atoms with Crippen molar-refractivity contribution in [2.75, 3.05) is 38.3 Å². The monoisotopic (exact) mass is 339 g/mol. The zero-order chi connectivity index (χ0) is 17.0. The van der Waals surface area contributed by atoms with Crippen molar-refractivity contribution in [3.05, 3.63) is 29.8 Å². The van der Waals surface area contributed by atoms with Crippen LogP contribution in [0, 0.1) is 6.92 Å². The van der Waals surface area contributed by atoms with Crippen LogP contribution in [0.2, 0.25) is 0 Å². The van der Waals surface area contributed by atoms with Gasteiger partial charge in [0.1, 0.15) is 0 Å². The molecule has 1 amide bonds. The van der Waals surface area contributed by atoms with Crippen LogP contribution in [0.3, 0.4) is 0 Å². The van der Waals surface area contributed by atoms with Crippen LogP contribution in [-0.4, -0.2) is 62.5 Å². The van der Waals surface area contributed by atoms with E-state index in [9.17, 15) is 13.2 Å². The van der Waals surface area contributed by atoms with Crippen molar-refractivity contribution in [2.45, 2.75) is 25.8 Å². The molecule has 0 aromatic heterocycles. The molecule has 1 fully saturated rings. The van der Waals surface area contributed by atoms with Crippen LogP contribution in [0.1, 0.15) is 18.4 Å². The van der Waals surface area contributed by atoms with Gasteiger partial charge in [-0.1, -0.05) is 12.1 Å². The van der Waals surface area contributed by atoms with Gasteiger partial charge >= 0.3 is 0 Å². The first kappa shape index (κ1) is 17.9. The van der Waals surface area contributed by atoms with Gasteiger partial charge in [-0.2, -0.15) is 0 Å². The Hall–Kier alpha value is -1.44. The number of piperidine rings is 1. The van der Waals surface area contributed by atoms with Gasteiger partial charge in [0.2, 0.25) is 15.9 Å². The third-order valence-corrected chi connectivity index (χ3v) is 5.53. The lowest BCUT2D eigenvalue weighted by atomic mass is 10.1. The Morgan fingerprint density at radius 3 is 2.83 bits per heavy atom. The van der Waals surface area contributed by atoms with Crippen LogP contribution in [0.15, 0.2) is 24.3 Å². The van der Waals surface area contributed by atoms with Gasteiger partial charge in [0.05, 0.1) is 12.8 Å². The highest BCUT2D eigenvalue weighted by Gasteiger charge is 2.28. The highest BCUT2D eigenvalue weighted by atomic mass is 32.2. The van der Waals surface area contributed by atoms with Gasteiger partial charge in [0, 0.05) is 25.3 Å². The van der Waals surface area contributed by atoms with Crippen molar-refractivity contribution >= 4 is 21.6 Å². The highest BCUT2D eigenvalue weighted by Crippen LogP contribution is 2.17. The van der Waals surface area contributed by atoms with Crippen molar-refractivity contribution in [3.8, 4) is 0 Å². The molecule has 2 rings (SSSR count). The predicted molar refractivity (Wildman–Crippen MR) is 91.9 cm³/mol. The Bertz CT molecular complexity index is 660. The van der Waals surface area contributed by atoms with Crippen LogP contribution in [-0.2, 0) is 14.8 Å². The summed E-state index contributed by atoms with van der Waals surface area (Å²) < 4.78 is 24.7. The fourth-order valence-corrected chi connectivity index (χ4v) is 3.58. The van der Waals surface area contributed by atoms with Crippen molar-refractivity contribution in [2.24, 2.45) is 0 Å². The summed E-state index contributed by atoms with van der Waals surface area (Å²) in [6, 6.07) is 7.61. The summed E-state index contributed by atoms with van der Waals surface area (Å²) in [4.78, 5) is 14.2. The Balaban J connectivity index is 1.91. The third-order valence-electron chi connectivity index (χ3n) is 4.19. The summed E-state index contributed by atoms with van der Waals surface area (Å²) in [7, 11) is -1.59. The van der Waals surface area contributed by atoms with E-state index in [0.717, 1.165) is 30.6 Å². The third kappa shape index (κ3) is 5.30. The van der Waals surface area contributed by atoms with Gasteiger partial charge < -0.3 is 5.32 Å². The van der Waals surface area contributed by atoms with Gasteiger partial charge in [0.15, 0.2) is 0 Å². The standard InChI is InChI=1S/C16H25N3O3S/c1-13-6-4-7-14(10-13)17-16(20)12-19-9-5-8-15(11-19)18(2)23(3,21)22/h4,6-7,10,15H,5,8-9,11-12H2,1-3H3,(H,17,20). The predicted octanol–water partition coefficient (Wildman–Crippen LogP) is 1.29. The maximum absolute atomic E-state index is 12.2. The minimum atomic E-state index is -3.20. The number of likely N-dealkylation sites (tertiary alicyclic amines) is 1. The molecule has 1 aromatic carbocycles. The molecule has 6 nitrogen and oxygen atoms in total. The first-order chi connectivity index (χ1) is 10.8. The van der Waals surface area contributed by atoms with Crippen LogP contribution >= 0.6 is 0 Å². The van der Waals surface area contributed by atoms with E-state index in [2.05, 4.69) is 5.32 Å². The fraction of sp³-hybridized carbons (Fsp3) is 0.562. The second-order valence-corrected chi connectivity index (χ2v) is 8.27. The van der Waals surface area contributed by atoms with E-state index in [-0.39, 0.29) is 18.5 Å². The van der Waals surface area contributed by atoms with Crippen molar-refractivity contribution in [1.29, 1.82) is 0 Å². The average molecular weight is 339 g/mol. The van der Waals surface area contributed by atoms with Crippen LogP contribution < -0.4 is 5.32 Å². The molecule has 0 spiro atoms. The molecule has 128 valence electrons. The molecule has 0 aliphatic carbocycles. The van der Waals surface area contributed by atoms with Gasteiger partial charge in [0.25, 0.3) is 0 Å². The average Bonchev–Trinajstić information content (AvgIpc) is 2.45. The number of rotatable bonds is 5. The number of carbonyl (C=O) groups excluding carboxylic acids is 1. The number of hydrogen-bond donors (Lipinski definition) is 1. The summed E-state index contributed by atoms with van der Waals surface area (Å²) in [5.41, 5.74) is 1.88. The molecule has 1 N–H and O–H groups in total. The Labute approximate surface area is 138 Å². The molecule has 23 heavy (non-hydrogen) atoms. The van der Waals surface area contributed by atoms with E-state index in [1.807, 2.05) is 36.1 Å². The number of carbonyl (C=O) groups is 1. The summed E-state index contributed by atoms with van der Waals surface area (Å²) in [6.07, 6.45) is 2.94. The lowest BCUT2D eigenvalue weighted by molar-refractivity contribution is -0.117. The summed E-state index contributed by atoms with van der Waals surface area (Å²) in [5.74, 6) is -0.0711. The SMILES string of the molecule is Cc1cccc(NC(=O)CN2CCCC(N(C)S(C)(=O)=O)C2)c1. The van der Waals surface area contributed by atoms with Crippen molar-refractivity contribution in [1.82, 2.24) is 9.21 Å². The first-order valence-corrected chi connectivity index (χ1v) is 9.62. The van der Waals surface area contributed by atoms with E-state index >= 15 is 0 Å². The van der Waals surface area contributed by atoms with E-state index in [1.54, 1.807) is 7.05 Å². The number of benzene rings is 1. The normalized spacial score (nSPS) is 19.7. The number of hydrogen-bond acceptors (Lipinski definition) is 4. The highest BCUT2D eigenvalue weighted by molar-refractivity contribution is 7.88. The van der Waals surface area contributed by atoms with Gasteiger partial charge in [-0.15, -0.1) is 0 Å². The van der Waals surface area contributed by atoms with Crippen LogP contribution in [0.4, 0.5) is 5.69 Å². The molecule has 1 atom stereocenters. The number of sulfonamides is 1. The van der Waals surface area contributed by atoms with Crippen LogP contribution in [0.25, 0.3) is 0 Å². The zero-order valence-corrected chi connectivity index (χ0v) is 14.8. The first-order valence-electron chi connectivity index (χ1n) is 7.77. The number of anilines is 1. The van der Waals surface area contributed by atoms with E-state index in [1.165, 1.54) is 10.6 Å². The molecule has 0 saturated carbocycles. The molecule has 1 heterocycles. The quantitative estimate of drug-likeness (QED) is 0.878. The maximum atomic E-state index is 12.2. The number of amides is 1. The minimum absolute atomic E-state index is 0.0643. The van der Waals surface area contributed by atoms with Gasteiger partial charge in [-0.3, -0.25) is 9.69 Å². The summed E-state index contributed by atoms with van der Waals surface area (Å²) in [6.45, 7) is 3.66. The molecular weight excluding hydrogens is 314 g/mol. The zero-order valence-electron chi connectivity index (χ0n) is 13.9. The van der Waals surface area contributed by atoms with E-state index in [0.29, 0.717) is 6.54 Å². The second-order valence-electron chi connectivity index (χ2n) is 6.23. The Morgan fingerprint density at radius 2 is 2.17 bits per heavy atom. The van der Waals surface area contributed by atoms with E-state index in [4.69, 9.17) is 0 Å². The number of likely N-dealkylation sites (N-methyl/N-ethyl adjacent to an activating group) is 1. The molecule has 1 aliphatic heterocycles. The maximum Gasteiger partial charge on any atom is 0.238 e. The molecular formula is C16H25N3O3S. The lowest BCUT2D eigenvalue weighted by Gasteiger charge is -2.36. The number of aryl methyl sites for hydroxylation is 1. The molecule has 0 bridgehead atoms. The summed E-state index contributed by atoms with van der Waals surface area (Å²) in [5, 5.41) is 2.89. The molecule has 1 saturated heterocycles. The topological polar surface area (TPSA) is 69.7 Å². The minimum Gasteiger partial charge on any atom is -0.325 e. The van der Waals surface area contributed by atoms with Crippen molar-refractivity contribution in [3.63, 3.8) is 0 Å². The smallest absolute Gasteiger partial charge is 0.238 e. The molecule has 0 radical (unpaired) electrons. The summed E-state index contributed by atoms with van der Waals surface area (Å²) >= 11 is 0. The lowest BCUT2D eigenvalue weighted by Crippen LogP contribution is -2.49. The van der Waals surface area contributed by atoms with Crippen LogP contribution in [0.5, 0.6) is 0 Å². The molecule has 7 heteroatoms. The molecule has 1 aromatic rings. The molecule has 1 unspecified atom stereocenters. The van der Waals surface area contributed by atoms with Gasteiger partial charge in [-0.25, -0.2) is 12.7 Å². The largest absolute Gasteiger partial charge is 0.325 e. The Morgan fingerprint density at radius 1 is 1.43 bits per heavy atom. The second kappa shape index (κ2) is 7.42. The number of nitrogens with zero attached hydrogens (tertiary/aromatic N) is 2. The fourth-order valence-electron chi connectivity index (χ4n) is 2.87. The Kier molecular flexibility index (Phi) is 5.78. The van der Waals surface area contributed by atoms with Crippen molar-refractivity contribution < 1.29 is 13.2 Å².